The number of aliphatic hydroxyl groups is 2. The van der Waals surface area contributed by atoms with E-state index in [1.54, 1.807) is 0 Å². The molecule has 0 radical (unpaired) electrons. The van der Waals surface area contributed by atoms with Gasteiger partial charge in [-0.2, -0.15) is 0 Å². The van der Waals surface area contributed by atoms with Crippen LogP contribution in [0.3, 0.4) is 0 Å². The van der Waals surface area contributed by atoms with Crippen LogP contribution in [0, 0.1) is 5.41 Å². The molecule has 3 atom stereocenters. The van der Waals surface area contributed by atoms with E-state index in [2.05, 4.69) is 35.2 Å². The summed E-state index contributed by atoms with van der Waals surface area (Å²) in [6, 6.07) is 11.1. The second-order valence-electron chi connectivity index (χ2n) is 6.69. The Labute approximate surface area is 145 Å². The maximum atomic E-state index is 9.77. The zero-order valence-corrected chi connectivity index (χ0v) is 13.8. The summed E-state index contributed by atoms with van der Waals surface area (Å²) in [6.07, 6.45) is -1.84. The first-order valence-electron chi connectivity index (χ1n) is 8.09. The Morgan fingerprint density at radius 2 is 1.64 bits per heavy atom. The van der Waals surface area contributed by atoms with Crippen molar-refractivity contribution < 1.29 is 30.0 Å². The van der Waals surface area contributed by atoms with E-state index in [4.69, 9.17) is 26.2 Å². The molecule has 6 N–H and O–H groups in total. The van der Waals surface area contributed by atoms with E-state index in [-0.39, 0.29) is 0 Å². The van der Waals surface area contributed by atoms with Gasteiger partial charge in [-0.05, 0) is 23.8 Å². The third kappa shape index (κ3) is 4.99. The van der Waals surface area contributed by atoms with Crippen molar-refractivity contribution in [1.82, 2.24) is 4.90 Å². The first-order chi connectivity index (χ1) is 11.7. The standard InChI is InChI=1S/C13H18N2.C4H6O6/c14-12-9-15(10-13(12)6-7-13)8-11-4-2-1-3-5-11;5-1(3(7)8)2(6)4(9)10/h1-5,12H,6-10,14H2;1-2,5-6H,(H,7,8)(H,9,10)/t;1-,2-/m.0/s1. The average Bonchev–Trinajstić information content (AvgIpc) is 3.28. The lowest BCUT2D eigenvalue weighted by Crippen LogP contribution is -2.39. The highest BCUT2D eigenvalue weighted by Crippen LogP contribution is 2.52. The number of carboxylic acids is 2. The van der Waals surface area contributed by atoms with Gasteiger partial charge in [0.15, 0.2) is 12.2 Å². The molecule has 1 saturated heterocycles. The molecule has 1 spiro atoms. The monoisotopic (exact) mass is 352 g/mol. The molecule has 8 heteroatoms. The van der Waals surface area contributed by atoms with E-state index in [9.17, 15) is 9.59 Å². The van der Waals surface area contributed by atoms with Gasteiger partial charge >= 0.3 is 11.9 Å². The molecule has 1 aliphatic heterocycles. The predicted molar refractivity (Wildman–Crippen MR) is 88.6 cm³/mol. The zero-order chi connectivity index (χ0) is 18.6. The average molecular weight is 352 g/mol. The molecule has 1 heterocycles. The molecule has 1 aromatic carbocycles. The molecule has 1 aromatic rings. The smallest absolute Gasteiger partial charge is 0.335 e. The van der Waals surface area contributed by atoms with Crippen LogP contribution in [-0.4, -0.2) is 68.6 Å². The van der Waals surface area contributed by atoms with Crippen LogP contribution in [0.15, 0.2) is 30.3 Å². The Morgan fingerprint density at radius 1 is 1.12 bits per heavy atom. The van der Waals surface area contributed by atoms with Crippen molar-refractivity contribution in [1.29, 1.82) is 0 Å². The van der Waals surface area contributed by atoms with E-state index in [0.717, 1.165) is 13.1 Å². The summed E-state index contributed by atoms with van der Waals surface area (Å²) in [5, 5.41) is 32.5. The maximum Gasteiger partial charge on any atom is 0.335 e. The fraction of sp³-hybridized carbons (Fsp3) is 0.529. The molecule has 8 nitrogen and oxygen atoms in total. The Hall–Kier alpha value is -2.00. The fourth-order valence-corrected chi connectivity index (χ4v) is 3.02. The third-order valence-corrected chi connectivity index (χ3v) is 4.73. The van der Waals surface area contributed by atoms with Crippen LogP contribution in [0.4, 0.5) is 0 Å². The summed E-state index contributed by atoms with van der Waals surface area (Å²) in [7, 11) is 0. The number of hydrogen-bond acceptors (Lipinski definition) is 6. The molecule has 1 aliphatic carbocycles. The third-order valence-electron chi connectivity index (χ3n) is 4.73. The Morgan fingerprint density at radius 3 is 2.04 bits per heavy atom. The van der Waals surface area contributed by atoms with E-state index in [1.807, 2.05) is 0 Å². The number of rotatable bonds is 5. The molecule has 3 rings (SSSR count). The first kappa shape index (κ1) is 19.3. The number of carbonyl (C=O) groups is 2. The number of likely N-dealkylation sites (tertiary alicyclic amines) is 1. The van der Waals surface area contributed by atoms with Gasteiger partial charge in [0, 0.05) is 25.7 Å². The van der Waals surface area contributed by atoms with Crippen molar-refractivity contribution in [2.45, 2.75) is 37.6 Å². The zero-order valence-electron chi connectivity index (χ0n) is 13.8. The van der Waals surface area contributed by atoms with E-state index in [1.165, 1.54) is 24.9 Å². The van der Waals surface area contributed by atoms with Crippen LogP contribution < -0.4 is 5.73 Å². The minimum atomic E-state index is -2.27. The summed E-state index contributed by atoms with van der Waals surface area (Å²) >= 11 is 0. The Balaban J connectivity index is 0.000000199. The van der Waals surface area contributed by atoms with Crippen molar-refractivity contribution in [2.75, 3.05) is 13.1 Å². The van der Waals surface area contributed by atoms with Crippen molar-refractivity contribution in [3.63, 3.8) is 0 Å². The van der Waals surface area contributed by atoms with Crippen LogP contribution >= 0.6 is 0 Å². The largest absolute Gasteiger partial charge is 0.479 e. The molecule has 25 heavy (non-hydrogen) atoms. The fourth-order valence-electron chi connectivity index (χ4n) is 3.02. The van der Waals surface area contributed by atoms with Gasteiger partial charge in [-0.15, -0.1) is 0 Å². The van der Waals surface area contributed by atoms with Gasteiger partial charge in [-0.25, -0.2) is 9.59 Å². The Bertz CT molecular complexity index is 586. The number of aliphatic carboxylic acids is 2. The normalized spacial score (nSPS) is 23.4. The van der Waals surface area contributed by atoms with Crippen molar-refractivity contribution in [2.24, 2.45) is 11.1 Å². The quantitative estimate of drug-likeness (QED) is 0.476. The lowest BCUT2D eigenvalue weighted by molar-refractivity contribution is -0.165. The minimum Gasteiger partial charge on any atom is -0.479 e. The maximum absolute atomic E-state index is 9.77. The van der Waals surface area contributed by atoms with Gasteiger partial charge < -0.3 is 26.2 Å². The summed E-state index contributed by atoms with van der Waals surface area (Å²) in [5.41, 5.74) is 8.09. The lowest BCUT2D eigenvalue weighted by Gasteiger charge is -2.15. The number of benzene rings is 1. The summed E-state index contributed by atoms with van der Waals surface area (Å²) in [6.45, 7) is 3.36. The van der Waals surface area contributed by atoms with Crippen LogP contribution in [0.1, 0.15) is 18.4 Å². The van der Waals surface area contributed by atoms with Crippen molar-refractivity contribution in [3.8, 4) is 0 Å². The highest BCUT2D eigenvalue weighted by molar-refractivity contribution is 5.83. The van der Waals surface area contributed by atoms with E-state index >= 15 is 0 Å². The van der Waals surface area contributed by atoms with Gasteiger partial charge in [0.1, 0.15) is 0 Å². The minimum absolute atomic E-state index is 0.418. The second-order valence-corrected chi connectivity index (χ2v) is 6.69. The summed E-state index contributed by atoms with van der Waals surface area (Å²) in [4.78, 5) is 22.1. The predicted octanol–water partition coefficient (Wildman–Crippen LogP) is -0.513. The molecular weight excluding hydrogens is 328 g/mol. The van der Waals surface area contributed by atoms with Gasteiger partial charge in [0.25, 0.3) is 0 Å². The van der Waals surface area contributed by atoms with Crippen molar-refractivity contribution >= 4 is 11.9 Å². The summed E-state index contributed by atoms with van der Waals surface area (Å²) in [5.74, 6) is -3.54. The molecule has 1 saturated carbocycles. The van der Waals surface area contributed by atoms with E-state index < -0.39 is 24.1 Å². The van der Waals surface area contributed by atoms with E-state index in [0.29, 0.717) is 11.5 Å². The molecule has 0 aromatic heterocycles. The van der Waals surface area contributed by atoms with Gasteiger partial charge in [0.05, 0.1) is 0 Å². The number of hydrogen-bond donors (Lipinski definition) is 5. The molecule has 1 unspecified atom stereocenters. The van der Waals surface area contributed by atoms with Crippen LogP contribution in [0.5, 0.6) is 0 Å². The number of aliphatic hydroxyl groups excluding tert-OH is 2. The van der Waals surface area contributed by atoms with Crippen LogP contribution in [-0.2, 0) is 16.1 Å². The van der Waals surface area contributed by atoms with Crippen molar-refractivity contribution in [3.05, 3.63) is 35.9 Å². The second kappa shape index (κ2) is 7.92. The first-order valence-corrected chi connectivity index (χ1v) is 8.09. The molecule has 2 aliphatic rings. The number of nitrogens with zero attached hydrogens (tertiary/aromatic N) is 1. The van der Waals surface area contributed by atoms with Crippen LogP contribution in [0.2, 0.25) is 0 Å². The van der Waals surface area contributed by atoms with Gasteiger partial charge in [0.2, 0.25) is 0 Å². The summed E-state index contributed by atoms with van der Waals surface area (Å²) < 4.78 is 0. The number of nitrogens with two attached hydrogens (primary N) is 1. The highest BCUT2D eigenvalue weighted by Gasteiger charge is 2.53. The topological polar surface area (TPSA) is 144 Å². The molecule has 138 valence electrons. The number of carboxylic acid groups (broad SMARTS) is 2. The highest BCUT2D eigenvalue weighted by atomic mass is 16.4. The molecule has 0 amide bonds. The Kier molecular flexibility index (Phi) is 6.12. The SMILES string of the molecule is NC1CN(Cc2ccccc2)CC12CC2.O=C(O)[C@@H](O)[C@H](O)C(=O)O. The van der Waals surface area contributed by atoms with Crippen LogP contribution in [0.25, 0.3) is 0 Å². The molecular formula is C17H24N2O6. The molecule has 2 fully saturated rings. The molecule has 0 bridgehead atoms. The van der Waals surface area contributed by atoms with Gasteiger partial charge in [-0.3, -0.25) is 4.90 Å². The van der Waals surface area contributed by atoms with Gasteiger partial charge in [-0.1, -0.05) is 30.3 Å². The lowest BCUT2D eigenvalue weighted by atomic mass is 10.0.